The van der Waals surface area contributed by atoms with Gasteiger partial charge in [0.05, 0.1) is 6.54 Å². The average Bonchev–Trinajstić information content (AvgIpc) is 3.30. The number of benzene rings is 1. The van der Waals surface area contributed by atoms with E-state index < -0.39 is 11.1 Å². The van der Waals surface area contributed by atoms with Gasteiger partial charge in [-0.15, -0.1) is 0 Å². The fourth-order valence-electron chi connectivity index (χ4n) is 3.56. The number of hydrogen-bond acceptors (Lipinski definition) is 4. The molecule has 0 unspecified atom stereocenters. The molecule has 0 N–H and O–H groups in total. The van der Waals surface area contributed by atoms with E-state index in [0.29, 0.717) is 17.3 Å². The molecule has 6 heteroatoms. The summed E-state index contributed by atoms with van der Waals surface area (Å²) in [4.78, 5) is 29.5. The summed E-state index contributed by atoms with van der Waals surface area (Å²) in [6.07, 6.45) is 7.56. The first-order chi connectivity index (χ1) is 12.6. The molecule has 26 heavy (non-hydrogen) atoms. The van der Waals surface area contributed by atoms with Crippen molar-refractivity contribution in [3.8, 4) is 11.5 Å². The van der Waals surface area contributed by atoms with E-state index >= 15 is 0 Å². The van der Waals surface area contributed by atoms with Crippen molar-refractivity contribution in [2.45, 2.75) is 45.2 Å². The number of aromatic nitrogens is 3. The largest absolute Gasteiger partial charge is 0.441 e. The Morgan fingerprint density at radius 2 is 1.81 bits per heavy atom. The minimum atomic E-state index is -0.511. The van der Waals surface area contributed by atoms with E-state index in [2.05, 4.69) is 4.98 Å². The molecule has 2 heterocycles. The average molecular weight is 351 g/mol. The molecule has 2 aromatic heterocycles. The lowest BCUT2D eigenvalue weighted by Gasteiger charge is -2.13. The molecule has 6 nitrogen and oxygen atoms in total. The van der Waals surface area contributed by atoms with Gasteiger partial charge in [0.25, 0.3) is 0 Å². The van der Waals surface area contributed by atoms with Gasteiger partial charge in [-0.2, -0.15) is 0 Å². The van der Waals surface area contributed by atoms with Crippen LogP contribution in [0.5, 0.6) is 0 Å². The molecule has 134 valence electrons. The second-order valence-corrected chi connectivity index (χ2v) is 6.77. The third kappa shape index (κ3) is 3.03. The smallest absolute Gasteiger partial charge is 0.316 e. The molecule has 0 bridgehead atoms. The molecule has 0 aliphatic heterocycles. The van der Waals surface area contributed by atoms with Gasteiger partial charge in [0.2, 0.25) is 5.89 Å². The normalized spacial score (nSPS) is 14.8. The lowest BCUT2D eigenvalue weighted by atomic mass is 10.2. The highest BCUT2D eigenvalue weighted by atomic mass is 16.4. The zero-order valence-corrected chi connectivity index (χ0v) is 14.7. The van der Waals surface area contributed by atoms with Gasteiger partial charge in [-0.05, 0) is 31.9 Å². The molecule has 0 radical (unpaired) electrons. The lowest BCUT2D eigenvalue weighted by molar-refractivity contribution is 0.487. The summed E-state index contributed by atoms with van der Waals surface area (Å²) in [5.41, 5.74) is 0.571. The molecular weight excluding hydrogens is 330 g/mol. The Morgan fingerprint density at radius 3 is 2.54 bits per heavy atom. The maximum atomic E-state index is 12.5. The third-order valence-electron chi connectivity index (χ3n) is 5.04. The second kappa shape index (κ2) is 6.78. The first kappa shape index (κ1) is 16.6. The van der Waals surface area contributed by atoms with Crippen LogP contribution in [0.4, 0.5) is 0 Å². The van der Waals surface area contributed by atoms with Crippen molar-refractivity contribution < 1.29 is 4.42 Å². The second-order valence-electron chi connectivity index (χ2n) is 6.77. The molecule has 0 amide bonds. The SMILES string of the molecule is Cc1oc(-c2ccccc2)nc1Cn1ccn(C2CCCC2)c(=O)c1=O. The lowest BCUT2D eigenvalue weighted by Crippen LogP contribution is -2.41. The topological polar surface area (TPSA) is 70.0 Å². The van der Waals surface area contributed by atoms with E-state index in [1.165, 1.54) is 4.57 Å². The minimum Gasteiger partial charge on any atom is -0.441 e. The van der Waals surface area contributed by atoms with Gasteiger partial charge in [0, 0.05) is 24.0 Å². The van der Waals surface area contributed by atoms with Crippen molar-refractivity contribution >= 4 is 0 Å². The molecule has 0 spiro atoms. The van der Waals surface area contributed by atoms with E-state index in [-0.39, 0.29) is 12.6 Å². The van der Waals surface area contributed by atoms with Crippen LogP contribution in [0.2, 0.25) is 0 Å². The quantitative estimate of drug-likeness (QED) is 0.677. The van der Waals surface area contributed by atoms with Crippen LogP contribution < -0.4 is 11.1 Å². The first-order valence-electron chi connectivity index (χ1n) is 8.97. The van der Waals surface area contributed by atoms with Crippen molar-refractivity contribution in [1.82, 2.24) is 14.1 Å². The molecule has 1 fully saturated rings. The summed E-state index contributed by atoms with van der Waals surface area (Å²) in [6, 6.07) is 9.76. The summed E-state index contributed by atoms with van der Waals surface area (Å²) in [5, 5.41) is 0. The Morgan fingerprint density at radius 1 is 1.08 bits per heavy atom. The molecule has 3 aromatic rings. The molecule has 4 rings (SSSR count). The van der Waals surface area contributed by atoms with Crippen LogP contribution >= 0.6 is 0 Å². The van der Waals surface area contributed by atoms with Crippen LogP contribution in [-0.2, 0) is 6.54 Å². The fraction of sp³-hybridized carbons (Fsp3) is 0.350. The summed E-state index contributed by atoms with van der Waals surface area (Å²) >= 11 is 0. The van der Waals surface area contributed by atoms with Crippen LogP contribution in [-0.4, -0.2) is 14.1 Å². The van der Waals surface area contributed by atoms with Crippen LogP contribution in [0.1, 0.15) is 43.2 Å². The van der Waals surface area contributed by atoms with Gasteiger partial charge in [0.1, 0.15) is 11.5 Å². The Balaban J connectivity index is 1.64. The number of rotatable bonds is 4. The minimum absolute atomic E-state index is 0.156. The van der Waals surface area contributed by atoms with Crippen molar-refractivity contribution in [2.24, 2.45) is 0 Å². The predicted molar refractivity (Wildman–Crippen MR) is 98.2 cm³/mol. The summed E-state index contributed by atoms with van der Waals surface area (Å²) < 4.78 is 8.74. The van der Waals surface area contributed by atoms with Crippen LogP contribution in [0.15, 0.2) is 56.7 Å². The van der Waals surface area contributed by atoms with Gasteiger partial charge in [0.15, 0.2) is 0 Å². The van der Waals surface area contributed by atoms with Crippen molar-refractivity contribution in [3.63, 3.8) is 0 Å². The van der Waals surface area contributed by atoms with E-state index in [4.69, 9.17) is 4.42 Å². The number of oxazole rings is 1. The molecule has 1 aliphatic carbocycles. The summed E-state index contributed by atoms with van der Waals surface area (Å²) in [6.45, 7) is 2.04. The maximum Gasteiger partial charge on any atom is 0.316 e. The number of nitrogens with zero attached hydrogens (tertiary/aromatic N) is 3. The zero-order chi connectivity index (χ0) is 18.1. The van der Waals surface area contributed by atoms with Crippen LogP contribution in [0.25, 0.3) is 11.5 Å². The Labute approximate surface area is 150 Å². The summed E-state index contributed by atoms with van der Waals surface area (Å²) in [5.74, 6) is 1.17. The Kier molecular flexibility index (Phi) is 4.32. The molecule has 1 saturated carbocycles. The van der Waals surface area contributed by atoms with Crippen molar-refractivity contribution in [3.05, 3.63) is 74.9 Å². The summed E-state index contributed by atoms with van der Waals surface area (Å²) in [7, 11) is 0. The standard InChI is InChI=1S/C20H21N3O3/c1-14-17(21-18(26-14)15-7-3-2-4-8-15)13-22-11-12-23(20(25)19(22)24)16-9-5-6-10-16/h2-4,7-8,11-12,16H,5-6,9-10,13H2,1H3. The highest BCUT2D eigenvalue weighted by Crippen LogP contribution is 2.27. The van der Waals surface area contributed by atoms with Gasteiger partial charge in [-0.1, -0.05) is 31.0 Å². The van der Waals surface area contributed by atoms with Gasteiger partial charge >= 0.3 is 11.1 Å². The van der Waals surface area contributed by atoms with Gasteiger partial charge < -0.3 is 13.6 Å². The van der Waals surface area contributed by atoms with Gasteiger partial charge in [-0.25, -0.2) is 4.98 Å². The van der Waals surface area contributed by atoms with E-state index in [1.54, 1.807) is 17.0 Å². The van der Waals surface area contributed by atoms with Crippen LogP contribution in [0.3, 0.4) is 0 Å². The van der Waals surface area contributed by atoms with Crippen molar-refractivity contribution in [2.75, 3.05) is 0 Å². The van der Waals surface area contributed by atoms with E-state index in [1.807, 2.05) is 37.3 Å². The zero-order valence-electron chi connectivity index (χ0n) is 14.7. The Hall–Kier alpha value is -2.89. The molecule has 0 saturated heterocycles. The number of hydrogen-bond donors (Lipinski definition) is 0. The maximum absolute atomic E-state index is 12.5. The van der Waals surface area contributed by atoms with Crippen LogP contribution in [0, 0.1) is 6.92 Å². The van der Waals surface area contributed by atoms with Gasteiger partial charge in [-0.3, -0.25) is 9.59 Å². The first-order valence-corrected chi connectivity index (χ1v) is 8.97. The fourth-order valence-corrected chi connectivity index (χ4v) is 3.56. The van der Waals surface area contributed by atoms with E-state index in [0.717, 1.165) is 31.2 Å². The third-order valence-corrected chi connectivity index (χ3v) is 5.04. The predicted octanol–water partition coefficient (Wildman–Crippen LogP) is 3.14. The van der Waals surface area contributed by atoms with Crippen molar-refractivity contribution in [1.29, 1.82) is 0 Å². The molecule has 1 aliphatic rings. The monoisotopic (exact) mass is 351 g/mol. The number of aryl methyl sites for hydroxylation is 1. The Bertz CT molecular complexity index is 1020. The highest BCUT2D eigenvalue weighted by Gasteiger charge is 2.20. The molecular formula is C20H21N3O3. The molecule has 1 aromatic carbocycles. The highest BCUT2D eigenvalue weighted by molar-refractivity contribution is 5.53. The molecule has 0 atom stereocenters. The van der Waals surface area contributed by atoms with E-state index in [9.17, 15) is 9.59 Å².